The molecule has 0 radical (unpaired) electrons. The molecule has 1 saturated carbocycles. The van der Waals surface area contributed by atoms with Gasteiger partial charge in [-0.3, -0.25) is 24.1 Å². The van der Waals surface area contributed by atoms with E-state index in [4.69, 9.17) is 9.15 Å². The Balaban J connectivity index is 1.40. The van der Waals surface area contributed by atoms with Crippen LogP contribution in [0.5, 0.6) is 5.75 Å². The predicted octanol–water partition coefficient (Wildman–Crippen LogP) is 5.29. The molecule has 49 heavy (non-hydrogen) atoms. The van der Waals surface area contributed by atoms with Crippen LogP contribution < -0.4 is 20.3 Å². The molecule has 264 valence electrons. The average Bonchev–Trinajstić information content (AvgIpc) is 3.34. The Morgan fingerprint density at radius 2 is 1.78 bits per heavy atom. The first kappa shape index (κ1) is 35.8. The van der Waals surface area contributed by atoms with E-state index in [1.807, 2.05) is 7.05 Å². The minimum Gasteiger partial charge on any atom is -0.497 e. The van der Waals surface area contributed by atoms with Gasteiger partial charge in [0.15, 0.2) is 0 Å². The summed E-state index contributed by atoms with van der Waals surface area (Å²) in [5.41, 5.74) is 1.43. The Labute approximate surface area is 287 Å². The lowest BCUT2D eigenvalue weighted by Crippen LogP contribution is -2.55. The number of hydrogen-bond donors (Lipinski definition) is 2. The molecule has 3 aromatic rings. The fraction of sp³-hybridized carbons (Fsp3) is 0.514. The normalized spacial score (nSPS) is 17.9. The number of nitrogens with one attached hydrogen (secondary N) is 2. The van der Waals surface area contributed by atoms with Crippen molar-refractivity contribution in [3.05, 3.63) is 54.0 Å². The summed E-state index contributed by atoms with van der Waals surface area (Å²) in [6, 6.07) is 7.94. The smallest absolute Gasteiger partial charge is 0.247 e. The molecule has 12 heteroatoms. The van der Waals surface area contributed by atoms with Crippen molar-refractivity contribution in [3.8, 4) is 5.75 Å². The fourth-order valence-corrected chi connectivity index (χ4v) is 7.00. The number of halogens is 1. The van der Waals surface area contributed by atoms with E-state index in [-0.39, 0.29) is 29.8 Å². The van der Waals surface area contributed by atoms with Gasteiger partial charge in [-0.2, -0.15) is 0 Å². The van der Waals surface area contributed by atoms with Crippen LogP contribution in [-0.2, 0) is 19.2 Å². The van der Waals surface area contributed by atoms with Gasteiger partial charge in [0.25, 0.3) is 0 Å². The number of nitrogens with zero attached hydrogens (tertiary/aromatic N) is 3. The van der Waals surface area contributed by atoms with Crippen molar-refractivity contribution >= 4 is 46.5 Å². The number of carbonyl (C=O) groups excluding carboxylic acids is 4. The summed E-state index contributed by atoms with van der Waals surface area (Å²) in [6.07, 6.45) is 7.76. The van der Waals surface area contributed by atoms with Gasteiger partial charge in [-0.1, -0.05) is 45.6 Å². The van der Waals surface area contributed by atoms with E-state index in [0.29, 0.717) is 47.5 Å². The van der Waals surface area contributed by atoms with Crippen LogP contribution in [0.4, 0.5) is 15.8 Å². The summed E-state index contributed by atoms with van der Waals surface area (Å²) in [5.74, 6) is -1.74. The zero-order valence-corrected chi connectivity index (χ0v) is 28.9. The second-order valence-electron chi connectivity index (χ2n) is 13.2. The van der Waals surface area contributed by atoms with Crippen molar-refractivity contribution < 1.29 is 32.7 Å². The van der Waals surface area contributed by atoms with E-state index < -0.39 is 29.7 Å². The second-order valence-corrected chi connectivity index (χ2v) is 13.2. The number of fused-ring (bicyclic) bond motifs is 1. The molecule has 3 atom stereocenters. The van der Waals surface area contributed by atoms with E-state index in [2.05, 4.69) is 15.5 Å². The SMILES string of the molecule is CCC(=O)N[C@@H](C(=O)N1CCN(C)CC1)[C@@H](C)c1ccc(NC(=O)[C@H](C2CCCCCC2)N(C=O)c2coc3cc(OC)ccc23)c(F)c1. The molecule has 2 N–H and O–H groups in total. The third-order valence-corrected chi connectivity index (χ3v) is 10.1. The number of rotatable bonds is 12. The average molecular weight is 678 g/mol. The lowest BCUT2D eigenvalue weighted by Gasteiger charge is -2.36. The van der Waals surface area contributed by atoms with Crippen LogP contribution in [0, 0.1) is 11.7 Å². The van der Waals surface area contributed by atoms with Gasteiger partial charge in [-0.25, -0.2) is 4.39 Å². The quantitative estimate of drug-likeness (QED) is 0.197. The highest BCUT2D eigenvalue weighted by atomic mass is 19.1. The van der Waals surface area contributed by atoms with E-state index in [1.54, 1.807) is 50.1 Å². The summed E-state index contributed by atoms with van der Waals surface area (Å²) in [6.45, 7) is 6.05. The third kappa shape index (κ3) is 8.24. The molecule has 0 spiro atoms. The van der Waals surface area contributed by atoms with E-state index in [1.165, 1.54) is 23.3 Å². The Morgan fingerprint density at radius 1 is 1.06 bits per heavy atom. The van der Waals surface area contributed by atoms with Crippen LogP contribution in [0.1, 0.15) is 70.3 Å². The Bertz CT molecular complexity index is 1630. The molecule has 5 rings (SSSR count). The molecule has 1 aliphatic carbocycles. The second kappa shape index (κ2) is 16.3. The van der Waals surface area contributed by atoms with Gasteiger partial charge in [-0.05, 0) is 55.6 Å². The summed E-state index contributed by atoms with van der Waals surface area (Å²) in [4.78, 5) is 58.3. The molecule has 2 fully saturated rings. The molecule has 1 aromatic heterocycles. The largest absolute Gasteiger partial charge is 0.497 e. The van der Waals surface area contributed by atoms with Gasteiger partial charge in [0, 0.05) is 50.0 Å². The molecule has 0 unspecified atom stereocenters. The number of hydrogen-bond acceptors (Lipinski definition) is 7. The molecule has 2 aliphatic rings. The van der Waals surface area contributed by atoms with Crippen molar-refractivity contribution in [3.63, 3.8) is 0 Å². The number of anilines is 2. The number of likely N-dealkylation sites (N-methyl/N-ethyl adjacent to an activating group) is 1. The molecule has 4 amide bonds. The number of piperazine rings is 1. The summed E-state index contributed by atoms with van der Waals surface area (Å²) >= 11 is 0. The lowest BCUT2D eigenvalue weighted by atomic mass is 9.89. The van der Waals surface area contributed by atoms with E-state index in [9.17, 15) is 19.2 Å². The highest BCUT2D eigenvalue weighted by Crippen LogP contribution is 2.37. The van der Waals surface area contributed by atoms with Crippen LogP contribution >= 0.6 is 0 Å². The zero-order valence-electron chi connectivity index (χ0n) is 28.9. The first-order chi connectivity index (χ1) is 23.6. The Hall–Kier alpha value is -4.45. The first-order valence-electron chi connectivity index (χ1n) is 17.3. The Morgan fingerprint density at radius 3 is 2.41 bits per heavy atom. The van der Waals surface area contributed by atoms with Crippen molar-refractivity contribution in [2.75, 3.05) is 50.6 Å². The Kier molecular flexibility index (Phi) is 11.9. The number of amides is 4. The number of methoxy groups -OCH3 is 1. The maximum absolute atomic E-state index is 15.9. The zero-order chi connectivity index (χ0) is 35.1. The van der Waals surface area contributed by atoms with Gasteiger partial charge in [-0.15, -0.1) is 0 Å². The molecule has 2 aromatic carbocycles. The molecular weight excluding hydrogens is 629 g/mol. The van der Waals surface area contributed by atoms with Gasteiger partial charge < -0.3 is 29.6 Å². The maximum atomic E-state index is 15.9. The van der Waals surface area contributed by atoms with Crippen LogP contribution in [0.3, 0.4) is 0 Å². The van der Waals surface area contributed by atoms with Gasteiger partial charge in [0.1, 0.15) is 35.5 Å². The topological polar surface area (TPSA) is 124 Å². The van der Waals surface area contributed by atoms with E-state index in [0.717, 1.165) is 51.6 Å². The van der Waals surface area contributed by atoms with Crippen LogP contribution in [0.25, 0.3) is 11.0 Å². The van der Waals surface area contributed by atoms with E-state index >= 15 is 4.39 Å². The highest BCUT2D eigenvalue weighted by molar-refractivity contribution is 6.04. The van der Waals surface area contributed by atoms with Crippen molar-refractivity contribution in [2.24, 2.45) is 5.92 Å². The monoisotopic (exact) mass is 677 g/mol. The standard InChI is InChI=1S/C37H48FN5O6/c1-5-33(45)40-34(37(47)42-18-16-41(3)17-19-42)24(2)26-12-15-30(29(38)20-26)39-36(46)35(25-10-8-6-7-9-11-25)43(23-44)31-22-49-32-21-27(48-4)13-14-28(31)32/h12-15,20-25,34-35H,5-11,16-19H2,1-4H3,(H,39,46)(H,40,45)/t24-,34+,35-/m0/s1. The lowest BCUT2D eigenvalue weighted by molar-refractivity contribution is -0.138. The first-order valence-corrected chi connectivity index (χ1v) is 17.3. The maximum Gasteiger partial charge on any atom is 0.247 e. The van der Waals surface area contributed by atoms with Crippen molar-refractivity contribution in [2.45, 2.75) is 76.8 Å². The molecular formula is C37H48FN5O6. The van der Waals surface area contributed by atoms with Crippen LogP contribution in [-0.4, -0.2) is 86.4 Å². The third-order valence-electron chi connectivity index (χ3n) is 10.1. The summed E-state index contributed by atoms with van der Waals surface area (Å²) < 4.78 is 26.9. The van der Waals surface area contributed by atoms with Gasteiger partial charge in [0.2, 0.25) is 24.1 Å². The molecule has 11 nitrogen and oxygen atoms in total. The number of benzene rings is 2. The minimum absolute atomic E-state index is 0.0354. The summed E-state index contributed by atoms with van der Waals surface area (Å²) in [7, 11) is 3.55. The molecule has 2 heterocycles. The molecule has 0 bridgehead atoms. The highest BCUT2D eigenvalue weighted by Gasteiger charge is 2.37. The summed E-state index contributed by atoms with van der Waals surface area (Å²) in [5, 5.41) is 6.28. The number of ether oxygens (including phenoxy) is 1. The van der Waals surface area contributed by atoms with Crippen molar-refractivity contribution in [1.29, 1.82) is 0 Å². The number of furan rings is 1. The predicted molar refractivity (Wildman–Crippen MR) is 186 cm³/mol. The minimum atomic E-state index is -0.911. The van der Waals surface area contributed by atoms with Gasteiger partial charge in [0.05, 0.1) is 18.5 Å². The molecule has 1 saturated heterocycles. The van der Waals surface area contributed by atoms with Crippen LogP contribution in [0.15, 0.2) is 47.1 Å². The van der Waals surface area contributed by atoms with Crippen molar-refractivity contribution in [1.82, 2.24) is 15.1 Å². The van der Waals surface area contributed by atoms with Gasteiger partial charge >= 0.3 is 0 Å². The fourth-order valence-electron chi connectivity index (χ4n) is 7.00. The van der Waals surface area contributed by atoms with Crippen LogP contribution in [0.2, 0.25) is 0 Å². The number of carbonyl (C=O) groups is 4. The molecule has 1 aliphatic heterocycles.